The molecule has 29 heavy (non-hydrogen) atoms. The van der Waals surface area contributed by atoms with Crippen molar-refractivity contribution in [2.24, 2.45) is 0 Å². The van der Waals surface area contributed by atoms with E-state index in [0.29, 0.717) is 35.8 Å². The first-order chi connectivity index (χ1) is 14.2. The number of hydrogen-bond donors (Lipinski definition) is 2. The molecule has 0 bridgehead atoms. The summed E-state index contributed by atoms with van der Waals surface area (Å²) in [4.78, 5) is 16.5. The van der Waals surface area contributed by atoms with Gasteiger partial charge in [0.2, 0.25) is 0 Å². The molecule has 0 unspecified atom stereocenters. The zero-order chi connectivity index (χ0) is 20.5. The molecule has 3 aromatic rings. The molecule has 0 saturated heterocycles. The maximum absolute atomic E-state index is 12.2. The minimum atomic E-state index is -0.228. The number of carbonyl (C=O) groups is 1. The quantitative estimate of drug-likeness (QED) is 0.573. The van der Waals surface area contributed by atoms with E-state index in [4.69, 9.17) is 14.7 Å². The van der Waals surface area contributed by atoms with Crippen LogP contribution in [0.25, 0.3) is 0 Å². The molecule has 146 valence electrons. The van der Waals surface area contributed by atoms with E-state index in [9.17, 15) is 4.79 Å². The van der Waals surface area contributed by atoms with E-state index >= 15 is 0 Å². The summed E-state index contributed by atoms with van der Waals surface area (Å²) in [6.45, 7) is 0.714. The minimum absolute atomic E-state index is 0.228. The molecule has 0 saturated carbocycles. The first kappa shape index (κ1) is 19.7. The molecule has 2 N–H and O–H groups in total. The number of anilines is 2. The van der Waals surface area contributed by atoms with Gasteiger partial charge in [-0.1, -0.05) is 6.07 Å². The van der Waals surface area contributed by atoms with Crippen LogP contribution in [-0.2, 0) is 0 Å². The van der Waals surface area contributed by atoms with Crippen molar-refractivity contribution in [2.45, 2.75) is 0 Å². The van der Waals surface area contributed by atoms with Crippen molar-refractivity contribution < 1.29 is 14.3 Å². The number of nitriles is 1. The second-order valence-corrected chi connectivity index (χ2v) is 6.03. The first-order valence-corrected chi connectivity index (χ1v) is 8.96. The second-order valence-electron chi connectivity index (χ2n) is 6.03. The summed E-state index contributed by atoms with van der Waals surface area (Å²) in [7, 11) is 1.61. The standard InChI is InChI=1S/C22H20N4O3/c1-28-19-6-8-20(9-7-19)29-12-11-24-22(27)17-5-10-21(25-15-17)26-18-4-2-3-16(13-18)14-23/h2-10,13,15H,11-12H2,1H3,(H,24,27)(H,25,26). The summed E-state index contributed by atoms with van der Waals surface area (Å²) in [5.41, 5.74) is 1.76. The van der Waals surface area contributed by atoms with Gasteiger partial charge in [-0.05, 0) is 54.6 Å². The Balaban J connectivity index is 1.46. The van der Waals surface area contributed by atoms with Crippen LogP contribution in [0, 0.1) is 11.3 Å². The number of aromatic nitrogens is 1. The minimum Gasteiger partial charge on any atom is -0.497 e. The van der Waals surface area contributed by atoms with Crippen LogP contribution in [0.2, 0.25) is 0 Å². The number of ether oxygens (including phenoxy) is 2. The molecule has 7 heteroatoms. The molecule has 3 rings (SSSR count). The van der Waals surface area contributed by atoms with Crippen molar-refractivity contribution in [3.05, 3.63) is 78.0 Å². The number of nitrogens with one attached hydrogen (secondary N) is 2. The first-order valence-electron chi connectivity index (χ1n) is 8.96. The van der Waals surface area contributed by atoms with E-state index in [-0.39, 0.29) is 5.91 Å². The Morgan fingerprint density at radius 1 is 1.10 bits per heavy atom. The molecule has 2 aromatic carbocycles. The smallest absolute Gasteiger partial charge is 0.252 e. The average Bonchev–Trinajstić information content (AvgIpc) is 2.77. The van der Waals surface area contributed by atoms with Crippen molar-refractivity contribution in [1.82, 2.24) is 10.3 Å². The van der Waals surface area contributed by atoms with E-state index in [1.54, 1.807) is 37.4 Å². The molecule has 0 spiro atoms. The van der Waals surface area contributed by atoms with Gasteiger partial charge in [-0.3, -0.25) is 4.79 Å². The summed E-state index contributed by atoms with van der Waals surface area (Å²) in [5, 5.41) is 14.8. The summed E-state index contributed by atoms with van der Waals surface area (Å²) in [6.07, 6.45) is 1.50. The number of benzene rings is 2. The van der Waals surface area contributed by atoms with Gasteiger partial charge in [-0.2, -0.15) is 5.26 Å². The molecule has 7 nitrogen and oxygen atoms in total. The predicted molar refractivity (Wildman–Crippen MR) is 109 cm³/mol. The third-order valence-electron chi connectivity index (χ3n) is 4.01. The van der Waals surface area contributed by atoms with Crippen molar-refractivity contribution >= 4 is 17.4 Å². The summed E-state index contributed by atoms with van der Waals surface area (Å²) < 4.78 is 10.7. The molecule has 0 radical (unpaired) electrons. The van der Waals surface area contributed by atoms with Crippen LogP contribution in [0.1, 0.15) is 15.9 Å². The number of pyridine rings is 1. The number of amides is 1. The molecule has 1 heterocycles. The lowest BCUT2D eigenvalue weighted by Gasteiger charge is -2.09. The maximum Gasteiger partial charge on any atom is 0.252 e. The molecule has 0 atom stereocenters. The van der Waals surface area contributed by atoms with Gasteiger partial charge in [0, 0.05) is 11.9 Å². The van der Waals surface area contributed by atoms with Gasteiger partial charge in [0.25, 0.3) is 5.91 Å². The highest BCUT2D eigenvalue weighted by Gasteiger charge is 2.06. The molecule has 0 aliphatic rings. The van der Waals surface area contributed by atoms with Crippen LogP contribution in [-0.4, -0.2) is 31.2 Å². The fourth-order valence-corrected chi connectivity index (χ4v) is 2.52. The number of nitrogens with zero attached hydrogens (tertiary/aromatic N) is 2. The Hall–Kier alpha value is -4.05. The number of carbonyl (C=O) groups excluding carboxylic acids is 1. The number of hydrogen-bond acceptors (Lipinski definition) is 6. The van der Waals surface area contributed by atoms with Crippen LogP contribution >= 0.6 is 0 Å². The van der Waals surface area contributed by atoms with E-state index in [1.807, 2.05) is 30.3 Å². The van der Waals surface area contributed by atoms with Crippen molar-refractivity contribution in [3.63, 3.8) is 0 Å². The Kier molecular flexibility index (Phi) is 6.63. The topological polar surface area (TPSA) is 96.3 Å². The molecule has 0 fully saturated rings. The number of rotatable bonds is 8. The largest absolute Gasteiger partial charge is 0.497 e. The SMILES string of the molecule is COc1ccc(OCCNC(=O)c2ccc(Nc3cccc(C#N)c3)nc2)cc1. The molecule has 0 aliphatic carbocycles. The van der Waals surface area contributed by atoms with E-state index in [1.165, 1.54) is 6.20 Å². The lowest BCUT2D eigenvalue weighted by Crippen LogP contribution is -2.28. The van der Waals surface area contributed by atoms with Crippen LogP contribution in [0.4, 0.5) is 11.5 Å². The zero-order valence-electron chi connectivity index (χ0n) is 15.9. The summed E-state index contributed by atoms with van der Waals surface area (Å²) in [6, 6.07) is 19.8. The average molecular weight is 388 g/mol. The third kappa shape index (κ3) is 5.71. The highest BCUT2D eigenvalue weighted by atomic mass is 16.5. The molecular formula is C22H20N4O3. The van der Waals surface area contributed by atoms with Gasteiger partial charge in [0.1, 0.15) is 23.9 Å². The highest BCUT2D eigenvalue weighted by Crippen LogP contribution is 2.17. The fraction of sp³-hybridized carbons (Fsp3) is 0.136. The van der Waals surface area contributed by atoms with Crippen LogP contribution in [0.3, 0.4) is 0 Å². The molecule has 1 amide bonds. The van der Waals surface area contributed by atoms with Gasteiger partial charge in [-0.25, -0.2) is 4.98 Å². The normalized spacial score (nSPS) is 9.93. The predicted octanol–water partition coefficient (Wildman–Crippen LogP) is 3.51. The molecule has 0 aliphatic heterocycles. The highest BCUT2D eigenvalue weighted by molar-refractivity contribution is 5.94. The fourth-order valence-electron chi connectivity index (χ4n) is 2.52. The van der Waals surface area contributed by atoms with E-state index < -0.39 is 0 Å². The van der Waals surface area contributed by atoms with Crippen LogP contribution in [0.15, 0.2) is 66.9 Å². The molecular weight excluding hydrogens is 368 g/mol. The van der Waals surface area contributed by atoms with Crippen molar-refractivity contribution in [3.8, 4) is 17.6 Å². The summed E-state index contributed by atoms with van der Waals surface area (Å²) in [5.74, 6) is 1.82. The summed E-state index contributed by atoms with van der Waals surface area (Å²) >= 11 is 0. The third-order valence-corrected chi connectivity index (χ3v) is 4.01. The maximum atomic E-state index is 12.2. The Labute approximate surface area is 168 Å². The Morgan fingerprint density at radius 3 is 2.59 bits per heavy atom. The zero-order valence-corrected chi connectivity index (χ0v) is 15.9. The van der Waals surface area contributed by atoms with E-state index in [2.05, 4.69) is 21.7 Å². The Bertz CT molecular complexity index is 996. The van der Waals surface area contributed by atoms with Crippen LogP contribution < -0.4 is 20.1 Å². The van der Waals surface area contributed by atoms with Crippen LogP contribution in [0.5, 0.6) is 11.5 Å². The number of methoxy groups -OCH3 is 1. The lowest BCUT2D eigenvalue weighted by molar-refractivity contribution is 0.0946. The van der Waals surface area contributed by atoms with Gasteiger partial charge in [-0.15, -0.1) is 0 Å². The monoisotopic (exact) mass is 388 g/mol. The van der Waals surface area contributed by atoms with Gasteiger partial charge >= 0.3 is 0 Å². The lowest BCUT2D eigenvalue weighted by atomic mass is 10.2. The van der Waals surface area contributed by atoms with Crippen molar-refractivity contribution in [1.29, 1.82) is 5.26 Å². The van der Waals surface area contributed by atoms with Gasteiger partial charge in [0.05, 0.1) is 30.9 Å². The van der Waals surface area contributed by atoms with Crippen molar-refractivity contribution in [2.75, 3.05) is 25.6 Å². The van der Waals surface area contributed by atoms with Gasteiger partial charge in [0.15, 0.2) is 0 Å². The Morgan fingerprint density at radius 2 is 1.90 bits per heavy atom. The molecule has 1 aromatic heterocycles. The van der Waals surface area contributed by atoms with E-state index in [0.717, 1.165) is 11.4 Å². The van der Waals surface area contributed by atoms with Gasteiger partial charge < -0.3 is 20.1 Å². The second kappa shape index (κ2) is 9.76.